The van der Waals surface area contributed by atoms with E-state index in [1.807, 2.05) is 48.7 Å². The molecule has 50 heavy (non-hydrogen) atoms. The third-order valence-corrected chi connectivity index (χ3v) is 9.80. The van der Waals surface area contributed by atoms with Gasteiger partial charge >= 0.3 is 0 Å². The molecule has 4 nitrogen and oxygen atoms in total. The highest BCUT2D eigenvalue weighted by Gasteiger charge is 2.18. The van der Waals surface area contributed by atoms with Gasteiger partial charge in [-0.25, -0.2) is 9.97 Å². The molecule has 0 aliphatic carbocycles. The monoisotopic (exact) mass is 660 g/mol. The van der Waals surface area contributed by atoms with Crippen LogP contribution in [0.5, 0.6) is 0 Å². The Kier molecular flexibility index (Phi) is 8.71. The molecule has 0 saturated carbocycles. The molecule has 0 amide bonds. The summed E-state index contributed by atoms with van der Waals surface area (Å²) < 4.78 is 1.19. The van der Waals surface area contributed by atoms with E-state index in [4.69, 9.17) is 15.0 Å². The molecule has 8 rings (SSSR count). The van der Waals surface area contributed by atoms with Crippen LogP contribution in [0, 0.1) is 0 Å². The predicted octanol–water partition coefficient (Wildman–Crippen LogP) is 11.7. The van der Waals surface area contributed by atoms with Crippen molar-refractivity contribution in [1.29, 1.82) is 0 Å². The van der Waals surface area contributed by atoms with Crippen molar-refractivity contribution in [2.24, 2.45) is 9.98 Å². The smallest absolute Gasteiger partial charge is 0.161 e. The zero-order chi connectivity index (χ0) is 33.7. The van der Waals surface area contributed by atoms with Gasteiger partial charge in [-0.15, -0.1) is 11.3 Å². The van der Waals surface area contributed by atoms with Crippen molar-refractivity contribution in [2.75, 3.05) is 0 Å². The number of aromatic nitrogens is 2. The van der Waals surface area contributed by atoms with Gasteiger partial charge in [0, 0.05) is 44.0 Å². The van der Waals surface area contributed by atoms with Gasteiger partial charge in [0.2, 0.25) is 0 Å². The quantitative estimate of drug-likeness (QED) is 0.114. The molecular formula is C45H32N4S. The van der Waals surface area contributed by atoms with Gasteiger partial charge < -0.3 is 0 Å². The molecule has 0 aliphatic rings. The van der Waals surface area contributed by atoms with E-state index in [0.29, 0.717) is 12.4 Å². The normalized spacial score (nSPS) is 12.0. The Labute approximate surface area is 295 Å². The third-order valence-electron chi connectivity index (χ3n) is 8.73. The average Bonchev–Trinajstić information content (AvgIpc) is 3.57. The van der Waals surface area contributed by atoms with Gasteiger partial charge in [-0.05, 0) is 41.1 Å². The van der Waals surface area contributed by atoms with Crippen molar-refractivity contribution in [3.05, 3.63) is 180 Å². The number of allylic oxidation sites excluding steroid dienone is 1. The topological polar surface area (TPSA) is 50.5 Å². The number of aliphatic imine (C=N–C) groups is 2. The Morgan fingerprint density at radius 3 is 2.02 bits per heavy atom. The highest BCUT2D eigenvalue weighted by molar-refractivity contribution is 7.25. The molecular weight excluding hydrogens is 629 g/mol. The summed E-state index contributed by atoms with van der Waals surface area (Å²) >= 11 is 1.70. The first kappa shape index (κ1) is 31.0. The highest BCUT2D eigenvalue weighted by Crippen LogP contribution is 2.40. The number of nitrogens with zero attached hydrogens (tertiary/aromatic N) is 4. The van der Waals surface area contributed by atoms with Crippen molar-refractivity contribution in [3.63, 3.8) is 0 Å². The lowest BCUT2D eigenvalue weighted by Crippen LogP contribution is -1.96. The summed E-state index contributed by atoms with van der Waals surface area (Å²) in [6.45, 7) is 4.52. The van der Waals surface area contributed by atoms with Crippen LogP contribution in [-0.2, 0) is 6.54 Å². The van der Waals surface area contributed by atoms with Crippen LogP contribution < -0.4 is 0 Å². The van der Waals surface area contributed by atoms with E-state index in [2.05, 4.69) is 133 Å². The predicted molar refractivity (Wildman–Crippen MR) is 213 cm³/mol. The SMILES string of the molecule is C=N/C(=C(\C=NCc1ccccc1)c1ccc(-c2nc(-c3cccc(-c4ccccc4)c3)nc3sc4ccccc4c23)cc1)c1ccccc1. The van der Waals surface area contributed by atoms with Crippen LogP contribution in [0.15, 0.2) is 174 Å². The van der Waals surface area contributed by atoms with Gasteiger partial charge in [-0.2, -0.15) is 0 Å². The van der Waals surface area contributed by atoms with Crippen LogP contribution >= 0.6 is 11.3 Å². The van der Waals surface area contributed by atoms with Gasteiger partial charge in [0.1, 0.15) is 4.83 Å². The van der Waals surface area contributed by atoms with Gasteiger partial charge in [0.25, 0.3) is 0 Å². The van der Waals surface area contributed by atoms with Crippen LogP contribution in [0.3, 0.4) is 0 Å². The van der Waals surface area contributed by atoms with Crippen LogP contribution in [0.2, 0.25) is 0 Å². The Morgan fingerprint density at radius 2 is 1.26 bits per heavy atom. The first-order valence-corrected chi connectivity index (χ1v) is 17.3. The van der Waals surface area contributed by atoms with E-state index in [0.717, 1.165) is 71.5 Å². The highest BCUT2D eigenvalue weighted by atomic mass is 32.1. The van der Waals surface area contributed by atoms with Crippen LogP contribution in [-0.4, -0.2) is 22.9 Å². The molecule has 0 spiro atoms. The lowest BCUT2D eigenvalue weighted by Gasteiger charge is -2.12. The summed E-state index contributed by atoms with van der Waals surface area (Å²) in [5.74, 6) is 0.705. The number of hydrogen-bond acceptors (Lipinski definition) is 5. The van der Waals surface area contributed by atoms with E-state index in [9.17, 15) is 0 Å². The summed E-state index contributed by atoms with van der Waals surface area (Å²) in [5, 5.41) is 2.23. The molecule has 5 heteroatoms. The Morgan fingerprint density at radius 1 is 0.600 bits per heavy atom. The minimum atomic E-state index is 0.569. The van der Waals surface area contributed by atoms with E-state index in [1.165, 1.54) is 4.70 Å². The lowest BCUT2D eigenvalue weighted by atomic mass is 9.97. The molecule has 8 aromatic rings. The first-order chi connectivity index (χ1) is 24.7. The van der Waals surface area contributed by atoms with E-state index in [1.54, 1.807) is 11.3 Å². The zero-order valence-electron chi connectivity index (χ0n) is 27.3. The maximum Gasteiger partial charge on any atom is 0.161 e. The zero-order valence-corrected chi connectivity index (χ0v) is 28.1. The molecule has 2 aromatic heterocycles. The van der Waals surface area contributed by atoms with Crippen molar-refractivity contribution in [3.8, 4) is 33.8 Å². The standard InChI is InChI=1S/C45H32N4S/c1-46-42(34-18-9-4-10-19-34)39(30-47-29-31-14-5-2-6-15-31)33-24-26-35(27-25-33)43-41-38-22-11-12-23-40(38)50-45(41)49-44(48-43)37-21-13-20-36(28-37)32-16-7-3-8-17-32/h2-28,30H,1,29H2/b42-39+,47-30?. The lowest BCUT2D eigenvalue weighted by molar-refractivity contribution is 1.08. The third kappa shape index (κ3) is 6.30. The Bertz CT molecular complexity index is 2500. The summed E-state index contributed by atoms with van der Waals surface area (Å²) in [6.07, 6.45) is 1.92. The maximum atomic E-state index is 5.28. The second-order valence-electron chi connectivity index (χ2n) is 11.9. The van der Waals surface area contributed by atoms with Crippen molar-refractivity contribution in [2.45, 2.75) is 6.54 Å². The summed E-state index contributed by atoms with van der Waals surface area (Å²) in [6, 6.07) is 56.3. The van der Waals surface area contributed by atoms with Crippen LogP contribution in [0.1, 0.15) is 16.7 Å². The van der Waals surface area contributed by atoms with E-state index >= 15 is 0 Å². The number of thiophene rings is 1. The van der Waals surface area contributed by atoms with Crippen molar-refractivity contribution >= 4 is 55.8 Å². The maximum absolute atomic E-state index is 5.28. The van der Waals surface area contributed by atoms with Gasteiger partial charge in [-0.3, -0.25) is 9.98 Å². The molecule has 2 heterocycles. The fraction of sp³-hybridized carbons (Fsp3) is 0.0222. The van der Waals surface area contributed by atoms with Gasteiger partial charge in [0.05, 0.1) is 17.9 Å². The summed E-state index contributed by atoms with van der Waals surface area (Å²) in [4.78, 5) is 20.7. The van der Waals surface area contributed by atoms with Crippen LogP contribution in [0.4, 0.5) is 0 Å². The fourth-order valence-corrected chi connectivity index (χ4v) is 7.34. The van der Waals surface area contributed by atoms with Gasteiger partial charge in [-0.1, -0.05) is 152 Å². The molecule has 0 fully saturated rings. The number of benzene rings is 6. The van der Waals surface area contributed by atoms with Crippen molar-refractivity contribution in [1.82, 2.24) is 9.97 Å². The molecule has 0 atom stereocenters. The minimum Gasteiger partial charge on any atom is -0.288 e. The number of fused-ring (bicyclic) bond motifs is 3. The molecule has 0 unspecified atom stereocenters. The first-order valence-electron chi connectivity index (χ1n) is 16.5. The minimum absolute atomic E-state index is 0.569. The van der Waals surface area contributed by atoms with Crippen LogP contribution in [0.25, 0.3) is 65.3 Å². The Hall–Kier alpha value is -6.30. The molecule has 0 saturated heterocycles. The second kappa shape index (κ2) is 14.0. The molecule has 0 bridgehead atoms. The average molecular weight is 661 g/mol. The molecule has 0 radical (unpaired) electrons. The number of rotatable bonds is 9. The molecule has 238 valence electrons. The number of hydrogen-bond donors (Lipinski definition) is 0. The summed E-state index contributed by atoms with van der Waals surface area (Å²) in [7, 11) is 0. The van der Waals surface area contributed by atoms with Gasteiger partial charge in [0.15, 0.2) is 5.82 Å². The Balaban J connectivity index is 1.25. The molecule has 0 aliphatic heterocycles. The summed E-state index contributed by atoms with van der Waals surface area (Å²) in [5.41, 5.74) is 10.0. The van der Waals surface area contributed by atoms with E-state index < -0.39 is 0 Å². The van der Waals surface area contributed by atoms with E-state index in [-0.39, 0.29) is 0 Å². The largest absolute Gasteiger partial charge is 0.288 e. The molecule has 6 aromatic carbocycles. The van der Waals surface area contributed by atoms with Crippen molar-refractivity contribution < 1.29 is 0 Å². The fourth-order valence-electron chi connectivity index (χ4n) is 6.26. The molecule has 0 N–H and O–H groups in total. The second-order valence-corrected chi connectivity index (χ2v) is 13.0.